The lowest BCUT2D eigenvalue weighted by Gasteiger charge is -2.04. The van der Waals surface area contributed by atoms with Gasteiger partial charge in [0.2, 0.25) is 0 Å². The zero-order valence-corrected chi connectivity index (χ0v) is 20.4. The third kappa shape index (κ3) is 65.3. The summed E-state index contributed by atoms with van der Waals surface area (Å²) in [6.07, 6.45) is 22.0. The van der Waals surface area contributed by atoms with Gasteiger partial charge in [-0.2, -0.15) is 8.42 Å². The average molecular weight is 470 g/mol. The third-order valence-electron chi connectivity index (χ3n) is 4.30. The summed E-state index contributed by atoms with van der Waals surface area (Å²) in [5.74, 6) is -0.485. The zero-order chi connectivity index (χ0) is 24.4. The predicted molar refractivity (Wildman–Crippen MR) is 126 cm³/mol. The van der Waals surface area contributed by atoms with Gasteiger partial charge >= 0.3 is 16.4 Å². The van der Waals surface area contributed by atoms with Crippen molar-refractivity contribution in [3.8, 4) is 0 Å². The number of nitrogens with two attached hydrogens (primary N) is 2. The summed E-state index contributed by atoms with van der Waals surface area (Å²) in [4.78, 5) is 10.6. The van der Waals surface area contributed by atoms with Crippen molar-refractivity contribution in [2.24, 2.45) is 11.5 Å². The Morgan fingerprint density at radius 1 is 0.742 bits per heavy atom. The smallest absolute Gasteiger partial charge is 0.394 e. The van der Waals surface area contributed by atoms with E-state index in [-0.39, 0.29) is 11.9 Å². The lowest BCUT2D eigenvalue weighted by molar-refractivity contribution is -0.141. The number of ether oxygens (including phenoxy) is 1. The van der Waals surface area contributed by atoms with Crippen LogP contribution in [0.5, 0.6) is 0 Å². The van der Waals surface area contributed by atoms with Crippen molar-refractivity contribution in [3.05, 3.63) is 0 Å². The van der Waals surface area contributed by atoms with Crippen molar-refractivity contribution < 1.29 is 27.1 Å². The van der Waals surface area contributed by atoms with E-state index in [0.717, 1.165) is 6.42 Å². The van der Waals surface area contributed by atoms with Crippen molar-refractivity contribution >= 4 is 22.3 Å². The molecule has 0 saturated carbocycles. The molecule has 0 aromatic carbocycles. The third-order valence-corrected chi connectivity index (χ3v) is 4.30. The number of carbonyl (C=O) groups is 1. The minimum absolute atomic E-state index is 0.152. The highest BCUT2D eigenvalue weighted by molar-refractivity contribution is 7.79. The molecule has 0 aliphatic carbocycles. The van der Waals surface area contributed by atoms with Gasteiger partial charge in [0, 0.05) is 6.92 Å². The molecule has 9 nitrogen and oxygen atoms in total. The average Bonchev–Trinajstić information content (AvgIpc) is 2.62. The molecule has 0 aromatic rings. The quantitative estimate of drug-likeness (QED) is 0.0649. The normalized spacial score (nSPS) is 10.3. The van der Waals surface area contributed by atoms with Crippen molar-refractivity contribution in [1.29, 1.82) is 5.41 Å². The maximum atomic E-state index is 10.6. The van der Waals surface area contributed by atoms with E-state index in [1.165, 1.54) is 103 Å². The Kier molecular flexibility index (Phi) is 29.4. The summed E-state index contributed by atoms with van der Waals surface area (Å²) in [6.45, 7) is 4.36. The second-order valence-corrected chi connectivity index (χ2v) is 8.44. The first kappa shape index (κ1) is 34.2. The minimum atomic E-state index is -4.67. The Morgan fingerprint density at radius 3 is 1.19 bits per heavy atom. The largest absolute Gasteiger partial charge is 0.466 e. The SMILES string of the molecule is CCCCCCCCCCCCCCCCCCOC(C)=O.N=C(N)N.O=S(=O)(O)O. The van der Waals surface area contributed by atoms with Crippen LogP contribution in [0.1, 0.15) is 117 Å². The molecular weight excluding hydrogens is 422 g/mol. The van der Waals surface area contributed by atoms with Gasteiger partial charge in [0.15, 0.2) is 5.96 Å². The van der Waals surface area contributed by atoms with E-state index in [4.69, 9.17) is 27.7 Å². The summed E-state index contributed by atoms with van der Waals surface area (Å²) in [7, 11) is -4.67. The van der Waals surface area contributed by atoms with Crippen LogP contribution in [0.25, 0.3) is 0 Å². The van der Waals surface area contributed by atoms with Gasteiger partial charge in [-0.1, -0.05) is 103 Å². The maximum absolute atomic E-state index is 10.6. The molecule has 188 valence electrons. The van der Waals surface area contributed by atoms with Crippen LogP contribution in [0.4, 0.5) is 0 Å². The Hall–Kier alpha value is -1.39. The van der Waals surface area contributed by atoms with Crippen LogP contribution in [-0.4, -0.2) is 36.1 Å². The van der Waals surface area contributed by atoms with Crippen molar-refractivity contribution in [1.82, 2.24) is 0 Å². The molecule has 0 atom stereocenters. The van der Waals surface area contributed by atoms with Gasteiger partial charge in [0.05, 0.1) is 6.61 Å². The van der Waals surface area contributed by atoms with Gasteiger partial charge in [-0.3, -0.25) is 19.3 Å². The van der Waals surface area contributed by atoms with Crippen molar-refractivity contribution in [3.63, 3.8) is 0 Å². The lowest BCUT2D eigenvalue weighted by atomic mass is 10.0. The first-order valence-electron chi connectivity index (χ1n) is 11.4. The molecule has 7 N–H and O–H groups in total. The lowest BCUT2D eigenvalue weighted by Crippen LogP contribution is -2.20. The molecule has 0 radical (unpaired) electrons. The van der Waals surface area contributed by atoms with Gasteiger partial charge in [-0.05, 0) is 6.42 Å². The van der Waals surface area contributed by atoms with Crippen LogP contribution in [0.15, 0.2) is 0 Å². The maximum Gasteiger partial charge on any atom is 0.394 e. The first-order chi connectivity index (χ1) is 14.5. The molecule has 0 bridgehead atoms. The fraction of sp³-hybridized carbons (Fsp3) is 0.905. The second kappa shape index (κ2) is 26.6. The highest BCUT2D eigenvalue weighted by Crippen LogP contribution is 2.13. The molecule has 0 aliphatic heterocycles. The number of unbranched alkanes of at least 4 members (excludes halogenated alkanes) is 15. The Balaban J connectivity index is -0.000000728. The Bertz CT molecular complexity index is 489. The monoisotopic (exact) mass is 469 g/mol. The summed E-state index contributed by atoms with van der Waals surface area (Å²) < 4.78 is 36.5. The van der Waals surface area contributed by atoms with Crippen LogP contribution in [0.2, 0.25) is 0 Å². The number of rotatable bonds is 17. The van der Waals surface area contributed by atoms with Gasteiger partial charge in [0.25, 0.3) is 0 Å². The molecule has 0 rings (SSSR count). The Labute approximate surface area is 189 Å². The number of carbonyl (C=O) groups excluding carboxylic acids is 1. The predicted octanol–water partition coefficient (Wildman–Crippen LogP) is 5.00. The molecule has 10 heteroatoms. The molecule has 31 heavy (non-hydrogen) atoms. The molecule has 0 aliphatic rings. The van der Waals surface area contributed by atoms with E-state index in [9.17, 15) is 4.79 Å². The van der Waals surface area contributed by atoms with Gasteiger partial charge in [-0.15, -0.1) is 0 Å². The topological polar surface area (TPSA) is 177 Å². The van der Waals surface area contributed by atoms with E-state index in [0.29, 0.717) is 6.61 Å². The van der Waals surface area contributed by atoms with Gasteiger partial charge in [-0.25, -0.2) is 0 Å². The van der Waals surface area contributed by atoms with E-state index < -0.39 is 10.4 Å². The molecule has 0 heterocycles. The molecular formula is C21H47N3O6S. The van der Waals surface area contributed by atoms with Crippen LogP contribution in [-0.2, 0) is 19.9 Å². The van der Waals surface area contributed by atoms with Crippen LogP contribution in [0.3, 0.4) is 0 Å². The molecule has 0 spiro atoms. The number of guanidine groups is 1. The molecule has 0 amide bonds. The summed E-state index contributed by atoms with van der Waals surface area (Å²) in [6, 6.07) is 0. The first-order valence-corrected chi connectivity index (χ1v) is 12.8. The fourth-order valence-electron chi connectivity index (χ4n) is 2.87. The number of hydrogen-bond acceptors (Lipinski definition) is 5. The van der Waals surface area contributed by atoms with Crippen molar-refractivity contribution in [2.45, 2.75) is 117 Å². The molecule has 0 fully saturated rings. The van der Waals surface area contributed by atoms with Crippen molar-refractivity contribution in [2.75, 3.05) is 6.61 Å². The standard InChI is InChI=1S/C20H40O2.CH5N3.H2O4S/c1-3-4-5-6-7-8-9-10-11-12-13-14-15-16-17-18-19-22-20(2)21;2-1(3)4;1-5(2,3)4/h3-19H2,1-2H3;(H5,2,3,4);(H2,1,2,3,4). The van der Waals surface area contributed by atoms with E-state index in [1.807, 2.05) is 0 Å². The summed E-state index contributed by atoms with van der Waals surface area (Å²) in [5, 5.41) is 6.06. The highest BCUT2D eigenvalue weighted by atomic mass is 32.3. The van der Waals surface area contributed by atoms with Crippen LogP contribution < -0.4 is 11.5 Å². The number of hydrogen-bond donors (Lipinski definition) is 5. The minimum Gasteiger partial charge on any atom is -0.466 e. The van der Waals surface area contributed by atoms with E-state index in [2.05, 4.69) is 18.4 Å². The fourth-order valence-corrected chi connectivity index (χ4v) is 2.87. The second-order valence-electron chi connectivity index (χ2n) is 7.55. The van der Waals surface area contributed by atoms with Crippen LogP contribution in [0, 0.1) is 5.41 Å². The Morgan fingerprint density at radius 2 is 0.968 bits per heavy atom. The van der Waals surface area contributed by atoms with E-state index >= 15 is 0 Å². The zero-order valence-electron chi connectivity index (χ0n) is 19.6. The summed E-state index contributed by atoms with van der Waals surface area (Å²) in [5.41, 5.74) is 8.94. The summed E-state index contributed by atoms with van der Waals surface area (Å²) >= 11 is 0. The van der Waals surface area contributed by atoms with Gasteiger partial charge in [0.1, 0.15) is 0 Å². The number of nitrogens with one attached hydrogen (secondary N) is 1. The van der Waals surface area contributed by atoms with Gasteiger partial charge < -0.3 is 16.2 Å². The molecule has 0 saturated heterocycles. The van der Waals surface area contributed by atoms with E-state index in [1.54, 1.807) is 0 Å². The molecule has 0 aromatic heterocycles. The molecule has 0 unspecified atom stereocenters. The number of esters is 1. The van der Waals surface area contributed by atoms with Crippen LogP contribution >= 0.6 is 0 Å². The highest BCUT2D eigenvalue weighted by Gasteiger charge is 1.95.